The molecule has 0 saturated carbocycles. The Morgan fingerprint density at radius 1 is 1.20 bits per heavy atom. The largest absolute Gasteiger partial charge is 0.486 e. The number of amides is 1. The van der Waals surface area contributed by atoms with Gasteiger partial charge < -0.3 is 25.4 Å². The van der Waals surface area contributed by atoms with Gasteiger partial charge in [-0.2, -0.15) is 0 Å². The first-order valence-corrected chi connectivity index (χ1v) is 8.21. The van der Waals surface area contributed by atoms with Crippen molar-refractivity contribution in [1.82, 2.24) is 16.0 Å². The number of fused-ring (bicyclic) bond motifs is 1. The van der Waals surface area contributed by atoms with Crippen LogP contribution in [0.1, 0.15) is 13.8 Å². The van der Waals surface area contributed by atoms with E-state index in [0.29, 0.717) is 32.2 Å². The summed E-state index contributed by atoms with van der Waals surface area (Å²) in [5.74, 6) is 2.24. The van der Waals surface area contributed by atoms with Crippen LogP contribution in [0.5, 0.6) is 11.5 Å². The van der Waals surface area contributed by atoms with Gasteiger partial charge in [-0.25, -0.2) is 0 Å². The van der Waals surface area contributed by atoms with Gasteiger partial charge >= 0.3 is 0 Å². The molecule has 1 aromatic rings. The van der Waals surface area contributed by atoms with Gasteiger partial charge in [0.1, 0.15) is 12.7 Å². The number of nitrogens with zero attached hydrogens (tertiary/aromatic N) is 1. The lowest BCUT2D eigenvalue weighted by Crippen LogP contribution is -2.47. The fourth-order valence-electron chi connectivity index (χ4n) is 2.17. The molecule has 25 heavy (non-hydrogen) atoms. The van der Waals surface area contributed by atoms with E-state index in [0.717, 1.165) is 11.5 Å². The Labute approximate surface area is 166 Å². The molecular formula is C17H27IN4O3. The van der Waals surface area contributed by atoms with E-state index >= 15 is 0 Å². The molecule has 0 fully saturated rings. The molecular weight excluding hydrogens is 435 g/mol. The predicted octanol–water partition coefficient (Wildman–Crippen LogP) is 1.38. The minimum absolute atomic E-state index is 0. The summed E-state index contributed by atoms with van der Waals surface area (Å²) < 4.78 is 11.6. The van der Waals surface area contributed by atoms with Crippen molar-refractivity contribution in [3.8, 4) is 11.5 Å². The van der Waals surface area contributed by atoms with Crippen molar-refractivity contribution in [2.75, 3.05) is 33.3 Å². The first-order valence-electron chi connectivity index (χ1n) is 8.21. The van der Waals surface area contributed by atoms with E-state index in [9.17, 15) is 4.79 Å². The molecule has 0 saturated heterocycles. The number of halogens is 1. The van der Waals surface area contributed by atoms with Crippen molar-refractivity contribution >= 4 is 35.8 Å². The maximum absolute atomic E-state index is 11.5. The van der Waals surface area contributed by atoms with Crippen molar-refractivity contribution in [3.63, 3.8) is 0 Å². The normalized spacial score (nSPS) is 16.0. The van der Waals surface area contributed by atoms with E-state index in [1.165, 1.54) is 0 Å². The quantitative estimate of drug-likeness (QED) is 0.258. The molecule has 1 unspecified atom stereocenters. The zero-order valence-electron chi connectivity index (χ0n) is 14.9. The van der Waals surface area contributed by atoms with Gasteiger partial charge in [0, 0.05) is 26.1 Å². The van der Waals surface area contributed by atoms with Crippen molar-refractivity contribution in [1.29, 1.82) is 0 Å². The van der Waals surface area contributed by atoms with Gasteiger partial charge in [0.2, 0.25) is 5.91 Å². The molecule has 1 atom stereocenters. The number of rotatable bonds is 6. The number of nitrogens with one attached hydrogen (secondary N) is 3. The Morgan fingerprint density at radius 3 is 2.56 bits per heavy atom. The highest BCUT2D eigenvalue weighted by atomic mass is 127. The summed E-state index contributed by atoms with van der Waals surface area (Å²) in [6.45, 7) is 5.95. The molecule has 1 aromatic carbocycles. The molecule has 0 bridgehead atoms. The van der Waals surface area contributed by atoms with Gasteiger partial charge in [-0.05, 0) is 12.1 Å². The number of ether oxygens (including phenoxy) is 2. The fraction of sp³-hybridized carbons (Fsp3) is 0.529. The summed E-state index contributed by atoms with van der Waals surface area (Å²) in [6.07, 6.45) is -0.0842. The second kappa shape index (κ2) is 11.0. The maximum atomic E-state index is 11.5. The summed E-state index contributed by atoms with van der Waals surface area (Å²) >= 11 is 0. The summed E-state index contributed by atoms with van der Waals surface area (Å²) in [6, 6.07) is 7.63. The highest BCUT2D eigenvalue weighted by Crippen LogP contribution is 2.30. The van der Waals surface area contributed by atoms with Gasteiger partial charge in [-0.3, -0.25) is 9.79 Å². The van der Waals surface area contributed by atoms with E-state index < -0.39 is 0 Å². The zero-order chi connectivity index (χ0) is 17.4. The lowest BCUT2D eigenvalue weighted by Gasteiger charge is -2.27. The van der Waals surface area contributed by atoms with Crippen LogP contribution in [0.15, 0.2) is 29.3 Å². The monoisotopic (exact) mass is 462 g/mol. The zero-order valence-corrected chi connectivity index (χ0v) is 17.2. The number of carbonyl (C=O) groups is 1. The summed E-state index contributed by atoms with van der Waals surface area (Å²) in [5, 5.41) is 9.20. The highest BCUT2D eigenvalue weighted by molar-refractivity contribution is 14.0. The van der Waals surface area contributed by atoms with Crippen molar-refractivity contribution in [2.24, 2.45) is 10.9 Å². The summed E-state index contributed by atoms with van der Waals surface area (Å²) in [4.78, 5) is 15.6. The minimum atomic E-state index is -0.0842. The third kappa shape index (κ3) is 6.97. The van der Waals surface area contributed by atoms with Crippen LogP contribution >= 0.6 is 24.0 Å². The summed E-state index contributed by atoms with van der Waals surface area (Å²) in [7, 11) is 1.70. The fourth-order valence-corrected chi connectivity index (χ4v) is 2.17. The first-order chi connectivity index (χ1) is 11.6. The Balaban J connectivity index is 0.00000312. The van der Waals surface area contributed by atoms with Gasteiger partial charge in [0.05, 0.1) is 6.54 Å². The SMILES string of the molecule is CN=C(NCCNC(=O)C(C)C)NCC1COc2ccccc2O1.I. The number of benzene rings is 1. The number of para-hydroxylation sites is 2. The minimum Gasteiger partial charge on any atom is -0.486 e. The highest BCUT2D eigenvalue weighted by Gasteiger charge is 2.20. The Morgan fingerprint density at radius 2 is 1.88 bits per heavy atom. The number of guanidine groups is 1. The average Bonchev–Trinajstić information content (AvgIpc) is 2.60. The van der Waals surface area contributed by atoms with E-state index in [2.05, 4.69) is 20.9 Å². The second-order valence-corrected chi connectivity index (χ2v) is 5.82. The summed E-state index contributed by atoms with van der Waals surface area (Å²) in [5.41, 5.74) is 0. The molecule has 0 aliphatic carbocycles. The number of hydrogen-bond acceptors (Lipinski definition) is 4. The maximum Gasteiger partial charge on any atom is 0.222 e. The van der Waals surface area contributed by atoms with Crippen molar-refractivity contribution in [3.05, 3.63) is 24.3 Å². The van der Waals surface area contributed by atoms with Crippen LogP contribution in [0, 0.1) is 5.92 Å². The van der Waals surface area contributed by atoms with E-state index in [-0.39, 0.29) is 41.9 Å². The second-order valence-electron chi connectivity index (χ2n) is 5.82. The van der Waals surface area contributed by atoms with Crippen LogP contribution in [0.3, 0.4) is 0 Å². The van der Waals surface area contributed by atoms with Crippen LogP contribution in [-0.4, -0.2) is 51.3 Å². The predicted molar refractivity (Wildman–Crippen MR) is 109 cm³/mol. The molecule has 1 aliphatic heterocycles. The van der Waals surface area contributed by atoms with Crippen LogP contribution in [0.25, 0.3) is 0 Å². The van der Waals surface area contributed by atoms with Gasteiger partial charge in [0.25, 0.3) is 0 Å². The number of aliphatic imine (C=N–C) groups is 1. The molecule has 1 heterocycles. The van der Waals surface area contributed by atoms with Gasteiger partial charge in [-0.15, -0.1) is 24.0 Å². The molecule has 0 aromatic heterocycles. The smallest absolute Gasteiger partial charge is 0.222 e. The van der Waals surface area contributed by atoms with Gasteiger partial charge in [0.15, 0.2) is 17.5 Å². The molecule has 7 nitrogen and oxygen atoms in total. The first kappa shape index (κ1) is 21.3. The van der Waals surface area contributed by atoms with Crippen LogP contribution < -0.4 is 25.4 Å². The Bertz CT molecular complexity index is 581. The Kier molecular flexibility index (Phi) is 9.40. The molecule has 140 valence electrons. The molecule has 3 N–H and O–H groups in total. The van der Waals surface area contributed by atoms with Crippen molar-refractivity contribution in [2.45, 2.75) is 20.0 Å². The number of hydrogen-bond donors (Lipinski definition) is 3. The van der Waals surface area contributed by atoms with Crippen LogP contribution in [0.4, 0.5) is 0 Å². The topological polar surface area (TPSA) is 84.0 Å². The molecule has 1 amide bonds. The van der Waals surface area contributed by atoms with Crippen LogP contribution in [0.2, 0.25) is 0 Å². The van der Waals surface area contributed by atoms with E-state index in [1.54, 1.807) is 7.05 Å². The standard InChI is InChI=1S/C17H26N4O3.HI/c1-12(2)16(22)19-8-9-20-17(18-3)21-10-13-11-23-14-6-4-5-7-15(14)24-13;/h4-7,12-13H,8-11H2,1-3H3,(H,19,22)(H2,18,20,21);1H. The Hall–Kier alpha value is -1.71. The number of carbonyl (C=O) groups excluding carboxylic acids is 1. The van der Waals surface area contributed by atoms with Gasteiger partial charge in [-0.1, -0.05) is 26.0 Å². The lowest BCUT2D eigenvalue weighted by molar-refractivity contribution is -0.123. The third-order valence-electron chi connectivity index (χ3n) is 3.53. The van der Waals surface area contributed by atoms with Crippen molar-refractivity contribution < 1.29 is 14.3 Å². The van der Waals surface area contributed by atoms with E-state index in [4.69, 9.17) is 9.47 Å². The molecule has 2 rings (SSSR count). The van der Waals surface area contributed by atoms with Crippen LogP contribution in [-0.2, 0) is 4.79 Å². The molecule has 8 heteroatoms. The average molecular weight is 462 g/mol. The molecule has 0 radical (unpaired) electrons. The lowest BCUT2D eigenvalue weighted by atomic mass is 10.2. The van der Waals surface area contributed by atoms with E-state index in [1.807, 2.05) is 38.1 Å². The molecule has 1 aliphatic rings. The third-order valence-corrected chi connectivity index (χ3v) is 3.53. The molecule has 0 spiro atoms.